The third-order valence-corrected chi connectivity index (χ3v) is 3.88. The topological polar surface area (TPSA) is 33.1 Å². The molecular formula is C16H22N4. The Morgan fingerprint density at radius 2 is 2.20 bits per heavy atom. The molecule has 0 fully saturated rings. The van der Waals surface area contributed by atoms with Crippen molar-refractivity contribution in [3.63, 3.8) is 0 Å². The van der Waals surface area contributed by atoms with E-state index in [1.165, 1.54) is 22.8 Å². The minimum absolute atomic E-state index is 0.892. The van der Waals surface area contributed by atoms with Gasteiger partial charge in [-0.2, -0.15) is 0 Å². The zero-order valence-corrected chi connectivity index (χ0v) is 12.5. The van der Waals surface area contributed by atoms with Gasteiger partial charge in [0.15, 0.2) is 0 Å². The van der Waals surface area contributed by atoms with E-state index in [0.29, 0.717) is 0 Å². The van der Waals surface area contributed by atoms with Crippen LogP contribution in [-0.4, -0.2) is 30.2 Å². The molecule has 0 spiro atoms. The first-order valence-electron chi connectivity index (χ1n) is 7.28. The molecule has 4 nitrogen and oxygen atoms in total. The van der Waals surface area contributed by atoms with Gasteiger partial charge in [0.05, 0.1) is 5.69 Å². The molecule has 106 valence electrons. The molecule has 2 heterocycles. The van der Waals surface area contributed by atoms with E-state index in [4.69, 9.17) is 4.98 Å². The van der Waals surface area contributed by atoms with Crippen LogP contribution >= 0.6 is 0 Å². The third-order valence-electron chi connectivity index (χ3n) is 3.88. The predicted octanol–water partition coefficient (Wildman–Crippen LogP) is 2.15. The summed E-state index contributed by atoms with van der Waals surface area (Å²) in [6, 6.07) is 8.68. The van der Waals surface area contributed by atoms with Crippen LogP contribution in [0, 0.1) is 0 Å². The zero-order chi connectivity index (χ0) is 14.1. The minimum atomic E-state index is 0.892. The molecule has 1 aliphatic rings. The lowest BCUT2D eigenvalue weighted by Crippen LogP contribution is -2.24. The van der Waals surface area contributed by atoms with Crippen LogP contribution in [-0.2, 0) is 19.4 Å². The van der Waals surface area contributed by atoms with Gasteiger partial charge < -0.3 is 14.8 Å². The number of benzene rings is 1. The summed E-state index contributed by atoms with van der Waals surface area (Å²) in [5.41, 5.74) is 5.03. The molecule has 1 aromatic carbocycles. The Balaban J connectivity index is 2.13. The van der Waals surface area contributed by atoms with Crippen molar-refractivity contribution in [1.82, 2.24) is 14.9 Å². The molecule has 1 aliphatic heterocycles. The molecule has 4 heteroatoms. The van der Waals surface area contributed by atoms with Gasteiger partial charge in [-0.1, -0.05) is 13.0 Å². The first kappa shape index (κ1) is 13.2. The zero-order valence-electron chi connectivity index (χ0n) is 12.5. The van der Waals surface area contributed by atoms with Crippen molar-refractivity contribution in [2.75, 3.05) is 25.5 Å². The van der Waals surface area contributed by atoms with Crippen molar-refractivity contribution in [2.24, 2.45) is 0 Å². The van der Waals surface area contributed by atoms with Crippen molar-refractivity contribution < 1.29 is 0 Å². The van der Waals surface area contributed by atoms with Crippen LogP contribution in [0.1, 0.15) is 24.1 Å². The fourth-order valence-electron chi connectivity index (χ4n) is 2.82. The molecule has 0 bridgehead atoms. The van der Waals surface area contributed by atoms with Gasteiger partial charge in [-0.25, -0.2) is 4.98 Å². The molecule has 0 saturated carbocycles. The standard InChI is InChI=1S/C16H22N4/c1-4-16-18-14-11-17-9-8-15(14)20(16)13-7-5-6-12(10-13)19(2)3/h5-7,10,17H,4,8-9,11H2,1-3H3. The third kappa shape index (κ3) is 2.20. The van der Waals surface area contributed by atoms with E-state index in [2.05, 4.69) is 60.1 Å². The number of aryl methyl sites for hydroxylation is 1. The molecule has 0 aliphatic carbocycles. The van der Waals surface area contributed by atoms with Crippen LogP contribution in [0.3, 0.4) is 0 Å². The minimum Gasteiger partial charge on any atom is -0.378 e. The van der Waals surface area contributed by atoms with E-state index in [9.17, 15) is 0 Å². The summed E-state index contributed by atoms with van der Waals surface area (Å²) in [7, 11) is 4.15. The summed E-state index contributed by atoms with van der Waals surface area (Å²) in [6.07, 6.45) is 2.01. The number of nitrogens with zero attached hydrogens (tertiary/aromatic N) is 3. The second kappa shape index (κ2) is 5.29. The highest BCUT2D eigenvalue weighted by molar-refractivity contribution is 5.53. The Morgan fingerprint density at radius 1 is 1.35 bits per heavy atom. The molecule has 0 radical (unpaired) electrons. The highest BCUT2D eigenvalue weighted by Gasteiger charge is 2.19. The maximum atomic E-state index is 4.81. The molecule has 0 atom stereocenters. The van der Waals surface area contributed by atoms with E-state index >= 15 is 0 Å². The summed E-state index contributed by atoms with van der Waals surface area (Å²) >= 11 is 0. The largest absolute Gasteiger partial charge is 0.378 e. The van der Waals surface area contributed by atoms with Gasteiger partial charge in [0.1, 0.15) is 5.82 Å². The van der Waals surface area contributed by atoms with E-state index < -0.39 is 0 Å². The van der Waals surface area contributed by atoms with Crippen LogP contribution in [0.5, 0.6) is 0 Å². The SMILES string of the molecule is CCc1nc2c(n1-c1cccc(N(C)C)c1)CCNC2. The van der Waals surface area contributed by atoms with Crippen molar-refractivity contribution in [3.05, 3.63) is 41.5 Å². The highest BCUT2D eigenvalue weighted by Crippen LogP contribution is 2.24. The van der Waals surface area contributed by atoms with E-state index in [0.717, 1.165) is 31.8 Å². The quantitative estimate of drug-likeness (QED) is 0.927. The van der Waals surface area contributed by atoms with Gasteiger partial charge in [0.25, 0.3) is 0 Å². The maximum Gasteiger partial charge on any atom is 0.113 e. The van der Waals surface area contributed by atoms with Gasteiger partial charge in [-0.3, -0.25) is 0 Å². The predicted molar refractivity (Wildman–Crippen MR) is 82.7 cm³/mol. The molecule has 2 aromatic rings. The normalized spacial score (nSPS) is 14.2. The number of rotatable bonds is 3. The van der Waals surface area contributed by atoms with Crippen LogP contribution in [0.2, 0.25) is 0 Å². The number of aromatic nitrogens is 2. The number of nitrogens with one attached hydrogen (secondary N) is 1. The van der Waals surface area contributed by atoms with E-state index in [-0.39, 0.29) is 0 Å². The first-order valence-corrected chi connectivity index (χ1v) is 7.28. The molecule has 1 N–H and O–H groups in total. The number of imidazole rings is 1. The molecule has 3 rings (SSSR count). The van der Waals surface area contributed by atoms with Crippen molar-refractivity contribution in [3.8, 4) is 5.69 Å². The average Bonchev–Trinajstić information content (AvgIpc) is 2.85. The van der Waals surface area contributed by atoms with Crippen molar-refractivity contribution in [1.29, 1.82) is 0 Å². The molecule has 1 aromatic heterocycles. The van der Waals surface area contributed by atoms with Crippen molar-refractivity contribution in [2.45, 2.75) is 26.3 Å². The summed E-state index contributed by atoms with van der Waals surface area (Å²) in [5, 5.41) is 3.40. The van der Waals surface area contributed by atoms with Gasteiger partial charge in [-0.15, -0.1) is 0 Å². The van der Waals surface area contributed by atoms with Gasteiger partial charge in [-0.05, 0) is 18.2 Å². The second-order valence-corrected chi connectivity index (χ2v) is 5.45. The van der Waals surface area contributed by atoms with Crippen LogP contribution in [0.25, 0.3) is 5.69 Å². The number of hydrogen-bond acceptors (Lipinski definition) is 3. The molecule has 0 saturated heterocycles. The second-order valence-electron chi connectivity index (χ2n) is 5.45. The Morgan fingerprint density at radius 3 is 2.95 bits per heavy atom. The molecule has 20 heavy (non-hydrogen) atoms. The lowest BCUT2D eigenvalue weighted by atomic mass is 10.1. The smallest absolute Gasteiger partial charge is 0.113 e. The van der Waals surface area contributed by atoms with Gasteiger partial charge in [0.2, 0.25) is 0 Å². The fraction of sp³-hybridized carbons (Fsp3) is 0.438. The summed E-state index contributed by atoms with van der Waals surface area (Å²) in [4.78, 5) is 6.95. The van der Waals surface area contributed by atoms with Gasteiger partial charge in [0, 0.05) is 57.1 Å². The molecule has 0 amide bonds. The Hall–Kier alpha value is -1.81. The van der Waals surface area contributed by atoms with Crippen LogP contribution in [0.15, 0.2) is 24.3 Å². The number of hydrogen-bond donors (Lipinski definition) is 1. The van der Waals surface area contributed by atoms with Crippen LogP contribution < -0.4 is 10.2 Å². The number of anilines is 1. The molecular weight excluding hydrogens is 248 g/mol. The van der Waals surface area contributed by atoms with E-state index in [1.54, 1.807) is 0 Å². The van der Waals surface area contributed by atoms with Crippen molar-refractivity contribution >= 4 is 5.69 Å². The lowest BCUT2D eigenvalue weighted by molar-refractivity contribution is 0.620. The highest BCUT2D eigenvalue weighted by atomic mass is 15.1. The monoisotopic (exact) mass is 270 g/mol. The van der Waals surface area contributed by atoms with Gasteiger partial charge >= 0.3 is 0 Å². The fourth-order valence-corrected chi connectivity index (χ4v) is 2.82. The lowest BCUT2D eigenvalue weighted by Gasteiger charge is -2.18. The van der Waals surface area contributed by atoms with E-state index in [1.807, 2.05) is 0 Å². The summed E-state index contributed by atoms with van der Waals surface area (Å²) in [5.74, 6) is 1.16. The number of fused-ring (bicyclic) bond motifs is 1. The molecule has 0 unspecified atom stereocenters. The Bertz CT molecular complexity index is 613. The average molecular weight is 270 g/mol. The maximum absolute atomic E-state index is 4.81. The Labute approximate surface area is 120 Å². The Kier molecular flexibility index (Phi) is 3.49. The summed E-state index contributed by atoms with van der Waals surface area (Å²) in [6.45, 7) is 4.10. The first-order chi connectivity index (χ1) is 9.70. The summed E-state index contributed by atoms with van der Waals surface area (Å²) < 4.78 is 2.35. The van der Waals surface area contributed by atoms with Crippen LogP contribution in [0.4, 0.5) is 5.69 Å².